The topological polar surface area (TPSA) is 81.7 Å². The van der Waals surface area contributed by atoms with E-state index in [4.69, 9.17) is 5.73 Å². The third-order valence-electron chi connectivity index (χ3n) is 3.33. The Hall–Kier alpha value is -2.63. The van der Waals surface area contributed by atoms with Gasteiger partial charge < -0.3 is 15.6 Å². The van der Waals surface area contributed by atoms with Crippen LogP contribution in [0.2, 0.25) is 0 Å². The van der Waals surface area contributed by atoms with Crippen molar-refractivity contribution < 1.29 is 0 Å². The fraction of sp³-hybridized carbons (Fsp3) is 0.214. The summed E-state index contributed by atoms with van der Waals surface area (Å²) >= 11 is 0. The van der Waals surface area contributed by atoms with E-state index in [0.29, 0.717) is 0 Å². The maximum absolute atomic E-state index is 6.18. The van der Waals surface area contributed by atoms with Crippen LogP contribution < -0.4 is 11.1 Å². The highest BCUT2D eigenvalue weighted by Gasteiger charge is 2.05. The lowest BCUT2D eigenvalue weighted by Gasteiger charge is -2.11. The van der Waals surface area contributed by atoms with Gasteiger partial charge in [-0.3, -0.25) is 4.98 Å². The lowest BCUT2D eigenvalue weighted by Crippen LogP contribution is -2.10. The van der Waals surface area contributed by atoms with Crippen molar-refractivity contribution in [3.05, 3.63) is 42.7 Å². The molecule has 0 amide bonds. The number of aryl methyl sites for hydroxylation is 1. The lowest BCUT2D eigenvalue weighted by molar-refractivity contribution is 0.789. The first kappa shape index (κ1) is 12.4. The highest BCUT2D eigenvalue weighted by atomic mass is 15.2. The molecule has 3 N–H and O–H groups in total. The summed E-state index contributed by atoms with van der Waals surface area (Å²) in [4.78, 5) is 4.10. The molecule has 0 radical (unpaired) electrons. The minimum atomic E-state index is 0.753. The zero-order valence-corrected chi connectivity index (χ0v) is 11.2. The minimum Gasteiger partial charge on any atom is -0.397 e. The molecule has 0 saturated carbocycles. The van der Waals surface area contributed by atoms with E-state index in [-0.39, 0.29) is 0 Å². The van der Waals surface area contributed by atoms with Gasteiger partial charge in [0.1, 0.15) is 12.2 Å². The van der Waals surface area contributed by atoms with Crippen molar-refractivity contribution >= 4 is 22.1 Å². The maximum atomic E-state index is 6.18. The van der Waals surface area contributed by atoms with E-state index in [9.17, 15) is 0 Å². The summed E-state index contributed by atoms with van der Waals surface area (Å²) in [5.74, 6) is 0.945. The molecule has 0 bridgehead atoms. The predicted octanol–water partition coefficient (Wildman–Crippen LogP) is 1.60. The summed E-state index contributed by atoms with van der Waals surface area (Å²) in [5, 5.41) is 13.3. The molecule has 0 atom stereocenters. The SMILES string of the molecule is Cn1cnnc1CCNc1ccc2cnccc2c1N. The molecule has 0 saturated heterocycles. The molecule has 2 aromatic heterocycles. The van der Waals surface area contributed by atoms with E-state index in [0.717, 1.165) is 40.9 Å². The van der Waals surface area contributed by atoms with Crippen LogP contribution in [-0.4, -0.2) is 26.3 Å². The number of hydrogen-bond donors (Lipinski definition) is 2. The number of rotatable bonds is 4. The van der Waals surface area contributed by atoms with Gasteiger partial charge in [-0.15, -0.1) is 10.2 Å². The van der Waals surface area contributed by atoms with Gasteiger partial charge >= 0.3 is 0 Å². The number of nitrogen functional groups attached to an aromatic ring is 1. The van der Waals surface area contributed by atoms with Gasteiger partial charge in [0.2, 0.25) is 0 Å². The first-order chi connectivity index (χ1) is 9.75. The first-order valence-corrected chi connectivity index (χ1v) is 6.44. The highest BCUT2D eigenvalue weighted by molar-refractivity contribution is 5.98. The number of pyridine rings is 1. The van der Waals surface area contributed by atoms with Gasteiger partial charge in [-0.25, -0.2) is 0 Å². The summed E-state index contributed by atoms with van der Waals surface area (Å²) in [6.07, 6.45) is 6.06. The Labute approximate surface area is 116 Å². The summed E-state index contributed by atoms with van der Waals surface area (Å²) < 4.78 is 1.91. The number of hydrogen-bond acceptors (Lipinski definition) is 5. The van der Waals surface area contributed by atoms with Crippen molar-refractivity contribution in [2.45, 2.75) is 6.42 Å². The summed E-state index contributed by atoms with van der Waals surface area (Å²) in [7, 11) is 1.94. The van der Waals surface area contributed by atoms with Crippen LogP contribution in [0, 0.1) is 0 Å². The Morgan fingerprint density at radius 1 is 1.30 bits per heavy atom. The van der Waals surface area contributed by atoms with E-state index < -0.39 is 0 Å². The molecule has 0 fully saturated rings. The monoisotopic (exact) mass is 268 g/mol. The standard InChI is InChI=1S/C14H16N6/c1-20-9-18-19-13(20)5-7-17-12-3-2-10-8-16-6-4-11(10)14(12)15/h2-4,6,8-9,17H,5,7,15H2,1H3. The second-order valence-corrected chi connectivity index (χ2v) is 4.66. The Kier molecular flexibility index (Phi) is 3.20. The Morgan fingerprint density at radius 3 is 3.00 bits per heavy atom. The van der Waals surface area contributed by atoms with Crippen LogP contribution in [0.1, 0.15) is 5.82 Å². The first-order valence-electron chi connectivity index (χ1n) is 6.44. The van der Waals surface area contributed by atoms with Gasteiger partial charge in [0.05, 0.1) is 11.4 Å². The smallest absolute Gasteiger partial charge is 0.134 e. The molecule has 3 rings (SSSR count). The molecule has 6 heteroatoms. The van der Waals surface area contributed by atoms with Crippen LogP contribution in [0.3, 0.4) is 0 Å². The van der Waals surface area contributed by atoms with Crippen LogP contribution in [0.5, 0.6) is 0 Å². The van der Waals surface area contributed by atoms with E-state index in [1.54, 1.807) is 12.5 Å². The zero-order chi connectivity index (χ0) is 13.9. The molecular formula is C14H16N6. The molecule has 6 nitrogen and oxygen atoms in total. The minimum absolute atomic E-state index is 0.753. The number of nitrogens with two attached hydrogens (primary N) is 1. The van der Waals surface area contributed by atoms with Gasteiger partial charge in [0, 0.05) is 43.2 Å². The zero-order valence-electron chi connectivity index (χ0n) is 11.2. The molecule has 0 spiro atoms. The van der Waals surface area contributed by atoms with E-state index >= 15 is 0 Å². The number of anilines is 2. The third kappa shape index (κ3) is 2.27. The second-order valence-electron chi connectivity index (χ2n) is 4.66. The van der Waals surface area contributed by atoms with Crippen LogP contribution in [0.15, 0.2) is 36.9 Å². The van der Waals surface area contributed by atoms with Crippen molar-refractivity contribution in [3.63, 3.8) is 0 Å². The number of nitrogens with zero attached hydrogens (tertiary/aromatic N) is 4. The fourth-order valence-electron chi connectivity index (χ4n) is 2.19. The second kappa shape index (κ2) is 5.16. The van der Waals surface area contributed by atoms with Crippen LogP contribution >= 0.6 is 0 Å². The molecular weight excluding hydrogens is 252 g/mol. The molecule has 0 unspecified atom stereocenters. The van der Waals surface area contributed by atoms with Gasteiger partial charge in [-0.2, -0.15) is 0 Å². The molecule has 0 aliphatic carbocycles. The largest absolute Gasteiger partial charge is 0.397 e. The van der Waals surface area contributed by atoms with Crippen LogP contribution in [0.25, 0.3) is 10.8 Å². The number of nitrogens with one attached hydrogen (secondary N) is 1. The normalized spacial score (nSPS) is 10.8. The Balaban J connectivity index is 1.75. The predicted molar refractivity (Wildman–Crippen MR) is 79.4 cm³/mol. The van der Waals surface area contributed by atoms with Crippen molar-refractivity contribution in [2.24, 2.45) is 7.05 Å². The van der Waals surface area contributed by atoms with Crippen molar-refractivity contribution in [1.82, 2.24) is 19.7 Å². The number of benzene rings is 1. The Bertz CT molecular complexity index is 733. The van der Waals surface area contributed by atoms with Crippen LogP contribution in [-0.2, 0) is 13.5 Å². The molecule has 102 valence electrons. The summed E-state index contributed by atoms with van der Waals surface area (Å²) in [5.41, 5.74) is 7.87. The average molecular weight is 268 g/mol. The molecule has 0 aliphatic heterocycles. The molecule has 20 heavy (non-hydrogen) atoms. The van der Waals surface area contributed by atoms with Crippen molar-refractivity contribution in [2.75, 3.05) is 17.6 Å². The molecule has 0 aliphatic rings. The van der Waals surface area contributed by atoms with Crippen molar-refractivity contribution in [1.29, 1.82) is 0 Å². The summed E-state index contributed by atoms with van der Waals surface area (Å²) in [6, 6.07) is 5.93. The lowest BCUT2D eigenvalue weighted by atomic mass is 10.1. The number of fused-ring (bicyclic) bond motifs is 1. The van der Waals surface area contributed by atoms with Crippen LogP contribution in [0.4, 0.5) is 11.4 Å². The molecule has 3 aromatic rings. The Morgan fingerprint density at radius 2 is 2.20 bits per heavy atom. The van der Waals surface area contributed by atoms with Gasteiger partial charge in [0.25, 0.3) is 0 Å². The van der Waals surface area contributed by atoms with Gasteiger partial charge in [-0.05, 0) is 12.1 Å². The van der Waals surface area contributed by atoms with Gasteiger partial charge in [-0.1, -0.05) is 6.07 Å². The van der Waals surface area contributed by atoms with E-state index in [1.807, 2.05) is 36.0 Å². The maximum Gasteiger partial charge on any atom is 0.134 e. The highest BCUT2D eigenvalue weighted by Crippen LogP contribution is 2.27. The summed E-state index contributed by atoms with van der Waals surface area (Å²) in [6.45, 7) is 0.757. The van der Waals surface area contributed by atoms with E-state index in [2.05, 4.69) is 20.5 Å². The van der Waals surface area contributed by atoms with Gasteiger partial charge in [0.15, 0.2) is 0 Å². The average Bonchev–Trinajstić information content (AvgIpc) is 2.87. The van der Waals surface area contributed by atoms with E-state index in [1.165, 1.54) is 0 Å². The quantitative estimate of drug-likeness (QED) is 0.702. The van der Waals surface area contributed by atoms with Crippen molar-refractivity contribution in [3.8, 4) is 0 Å². The molecule has 1 aromatic carbocycles. The number of aromatic nitrogens is 4. The fourth-order valence-corrected chi connectivity index (χ4v) is 2.19. The molecule has 2 heterocycles. The third-order valence-corrected chi connectivity index (χ3v) is 3.33.